The lowest BCUT2D eigenvalue weighted by atomic mass is 10.1. The Morgan fingerprint density at radius 1 is 1.25 bits per heavy atom. The third kappa shape index (κ3) is 3.90. The predicted molar refractivity (Wildman–Crippen MR) is 103 cm³/mol. The summed E-state index contributed by atoms with van der Waals surface area (Å²) in [5.41, 5.74) is 2.19. The quantitative estimate of drug-likeness (QED) is 0.849. The van der Waals surface area contributed by atoms with Gasteiger partial charge in [-0.15, -0.1) is 0 Å². The summed E-state index contributed by atoms with van der Waals surface area (Å²) >= 11 is 5.81. The van der Waals surface area contributed by atoms with Crippen LogP contribution in [0.25, 0.3) is 0 Å². The van der Waals surface area contributed by atoms with E-state index >= 15 is 0 Å². The first-order valence-electron chi connectivity index (χ1n) is 9.58. The van der Waals surface area contributed by atoms with Crippen molar-refractivity contribution in [3.63, 3.8) is 0 Å². The molecular formula is C20H22ClFN4O2. The Morgan fingerprint density at radius 2 is 2.04 bits per heavy atom. The van der Waals surface area contributed by atoms with Crippen LogP contribution in [0, 0.1) is 11.7 Å². The minimum absolute atomic E-state index is 0.0129. The summed E-state index contributed by atoms with van der Waals surface area (Å²) in [6.45, 7) is 1.50. The lowest BCUT2D eigenvalue weighted by molar-refractivity contribution is -0.132. The van der Waals surface area contributed by atoms with Crippen LogP contribution < -0.4 is 5.32 Å². The maximum atomic E-state index is 13.3. The number of nitrogens with zero attached hydrogens (tertiary/aromatic N) is 3. The van der Waals surface area contributed by atoms with Gasteiger partial charge in [0, 0.05) is 12.5 Å². The van der Waals surface area contributed by atoms with Crippen LogP contribution in [0.4, 0.5) is 10.1 Å². The summed E-state index contributed by atoms with van der Waals surface area (Å²) in [5, 5.41) is 7.35. The summed E-state index contributed by atoms with van der Waals surface area (Å²) < 4.78 is 15.1. The van der Waals surface area contributed by atoms with E-state index in [-0.39, 0.29) is 29.2 Å². The number of hydrogen-bond donors (Lipinski definition) is 1. The van der Waals surface area contributed by atoms with Crippen LogP contribution in [-0.2, 0) is 29.1 Å². The fourth-order valence-electron chi connectivity index (χ4n) is 3.92. The Morgan fingerprint density at radius 3 is 2.79 bits per heavy atom. The van der Waals surface area contributed by atoms with Crippen molar-refractivity contribution in [2.24, 2.45) is 5.92 Å². The molecule has 1 aliphatic heterocycles. The van der Waals surface area contributed by atoms with Gasteiger partial charge < -0.3 is 10.2 Å². The lowest BCUT2D eigenvalue weighted by Crippen LogP contribution is -2.39. The van der Waals surface area contributed by atoms with E-state index < -0.39 is 5.82 Å². The molecular weight excluding hydrogens is 383 g/mol. The molecule has 1 aromatic heterocycles. The molecule has 1 fully saturated rings. The van der Waals surface area contributed by atoms with Crippen LogP contribution in [0.5, 0.6) is 0 Å². The van der Waals surface area contributed by atoms with E-state index in [1.165, 1.54) is 12.1 Å². The van der Waals surface area contributed by atoms with E-state index in [1.54, 1.807) is 17.2 Å². The number of nitrogens with one attached hydrogen (secondary N) is 1. The SMILES string of the molecule is O=C(Nc1cnn2c1CN(C(=O)Cc1ccc(F)c(Cl)c1)CC2)C1CCCC1. The molecule has 0 radical (unpaired) electrons. The molecule has 0 atom stereocenters. The van der Waals surface area contributed by atoms with Gasteiger partial charge in [-0.1, -0.05) is 30.5 Å². The molecule has 2 aromatic rings. The van der Waals surface area contributed by atoms with Crippen LogP contribution in [0.15, 0.2) is 24.4 Å². The molecule has 0 spiro atoms. The number of fused-ring (bicyclic) bond motifs is 1. The summed E-state index contributed by atoms with van der Waals surface area (Å²) in [6, 6.07) is 4.32. The molecule has 2 aliphatic rings. The highest BCUT2D eigenvalue weighted by Gasteiger charge is 2.27. The Balaban J connectivity index is 1.43. The van der Waals surface area contributed by atoms with Gasteiger partial charge in [-0.2, -0.15) is 5.10 Å². The second-order valence-electron chi connectivity index (χ2n) is 7.44. The first kappa shape index (κ1) is 18.9. The fraction of sp³-hybridized carbons (Fsp3) is 0.450. The normalized spacial score (nSPS) is 16.9. The summed E-state index contributed by atoms with van der Waals surface area (Å²) in [5.74, 6) is -0.455. The van der Waals surface area contributed by atoms with Gasteiger partial charge in [0.25, 0.3) is 0 Å². The monoisotopic (exact) mass is 404 g/mol. The van der Waals surface area contributed by atoms with E-state index in [2.05, 4.69) is 10.4 Å². The molecule has 4 rings (SSSR count). The number of carbonyl (C=O) groups excluding carboxylic acids is 2. The van der Waals surface area contributed by atoms with Crippen molar-refractivity contribution in [1.82, 2.24) is 14.7 Å². The number of aromatic nitrogens is 2. The van der Waals surface area contributed by atoms with Gasteiger partial charge in [0.2, 0.25) is 11.8 Å². The van der Waals surface area contributed by atoms with E-state index in [0.29, 0.717) is 30.9 Å². The van der Waals surface area contributed by atoms with Crippen molar-refractivity contribution in [1.29, 1.82) is 0 Å². The van der Waals surface area contributed by atoms with Gasteiger partial charge in [0.05, 0.1) is 42.1 Å². The van der Waals surface area contributed by atoms with Crippen molar-refractivity contribution in [2.75, 3.05) is 11.9 Å². The Labute approximate surface area is 167 Å². The van der Waals surface area contributed by atoms with Crippen LogP contribution in [0.1, 0.15) is 36.9 Å². The molecule has 2 amide bonds. The average Bonchev–Trinajstić information content (AvgIpc) is 3.35. The number of rotatable bonds is 4. The van der Waals surface area contributed by atoms with Gasteiger partial charge in [-0.05, 0) is 30.5 Å². The molecule has 1 saturated carbocycles. The zero-order valence-corrected chi connectivity index (χ0v) is 16.2. The highest BCUT2D eigenvalue weighted by molar-refractivity contribution is 6.30. The third-order valence-corrected chi connectivity index (χ3v) is 5.84. The van der Waals surface area contributed by atoms with Crippen LogP contribution in [0.3, 0.4) is 0 Å². The molecule has 1 aromatic carbocycles. The van der Waals surface area contributed by atoms with Crippen molar-refractivity contribution >= 4 is 29.1 Å². The summed E-state index contributed by atoms with van der Waals surface area (Å²) in [7, 11) is 0. The first-order chi connectivity index (χ1) is 13.5. The van der Waals surface area contributed by atoms with Gasteiger partial charge in [-0.3, -0.25) is 14.3 Å². The second-order valence-corrected chi connectivity index (χ2v) is 7.85. The molecule has 8 heteroatoms. The Hall–Kier alpha value is -2.41. The minimum Gasteiger partial charge on any atom is -0.335 e. The molecule has 0 saturated heterocycles. The van der Waals surface area contributed by atoms with Crippen molar-refractivity contribution in [3.8, 4) is 0 Å². The lowest BCUT2D eigenvalue weighted by Gasteiger charge is -2.28. The molecule has 0 bridgehead atoms. The first-order valence-corrected chi connectivity index (χ1v) is 9.96. The van der Waals surface area contributed by atoms with E-state index in [0.717, 1.165) is 31.4 Å². The van der Waals surface area contributed by atoms with E-state index in [1.807, 2.05) is 4.68 Å². The maximum absolute atomic E-state index is 13.3. The molecule has 0 unspecified atom stereocenters. The van der Waals surface area contributed by atoms with Crippen LogP contribution in [0.2, 0.25) is 5.02 Å². The molecule has 148 valence electrons. The molecule has 28 heavy (non-hydrogen) atoms. The number of benzene rings is 1. The largest absolute Gasteiger partial charge is 0.335 e. The maximum Gasteiger partial charge on any atom is 0.227 e. The highest BCUT2D eigenvalue weighted by Crippen LogP contribution is 2.28. The number of anilines is 1. The Bertz CT molecular complexity index is 908. The molecule has 1 N–H and O–H groups in total. The molecule has 1 aliphatic carbocycles. The number of halogens is 2. The average molecular weight is 405 g/mol. The van der Waals surface area contributed by atoms with Gasteiger partial charge in [-0.25, -0.2) is 4.39 Å². The van der Waals surface area contributed by atoms with Crippen molar-refractivity contribution < 1.29 is 14.0 Å². The second kappa shape index (κ2) is 7.91. The van der Waals surface area contributed by atoms with Gasteiger partial charge >= 0.3 is 0 Å². The minimum atomic E-state index is -0.498. The summed E-state index contributed by atoms with van der Waals surface area (Å²) in [6.07, 6.45) is 5.87. The highest BCUT2D eigenvalue weighted by atomic mass is 35.5. The van der Waals surface area contributed by atoms with Crippen LogP contribution in [-0.4, -0.2) is 33.0 Å². The molecule has 2 heterocycles. The van der Waals surface area contributed by atoms with E-state index in [9.17, 15) is 14.0 Å². The Kier molecular flexibility index (Phi) is 5.35. The smallest absolute Gasteiger partial charge is 0.227 e. The third-order valence-electron chi connectivity index (χ3n) is 5.55. The summed E-state index contributed by atoms with van der Waals surface area (Å²) in [4.78, 5) is 26.9. The van der Waals surface area contributed by atoms with Gasteiger partial charge in [0.1, 0.15) is 5.82 Å². The number of carbonyl (C=O) groups is 2. The van der Waals surface area contributed by atoms with Crippen molar-refractivity contribution in [3.05, 3.63) is 46.5 Å². The number of hydrogen-bond acceptors (Lipinski definition) is 3. The van der Waals surface area contributed by atoms with E-state index in [4.69, 9.17) is 11.6 Å². The predicted octanol–water partition coefficient (Wildman–Crippen LogP) is 3.39. The standard InChI is InChI=1S/C20H22ClFN4O2/c21-15-9-13(5-6-16(15)22)10-19(27)25-7-8-26-18(12-25)17(11-23-26)24-20(28)14-3-1-2-4-14/h5-6,9,11,14H,1-4,7-8,10,12H2,(H,24,28). The number of amides is 2. The van der Waals surface area contributed by atoms with Crippen LogP contribution >= 0.6 is 11.6 Å². The zero-order chi connectivity index (χ0) is 19.7. The van der Waals surface area contributed by atoms with Gasteiger partial charge in [0.15, 0.2) is 0 Å². The topological polar surface area (TPSA) is 67.2 Å². The fourth-order valence-corrected chi connectivity index (χ4v) is 4.12. The van der Waals surface area contributed by atoms with Crippen molar-refractivity contribution in [2.45, 2.75) is 45.2 Å². The zero-order valence-electron chi connectivity index (χ0n) is 15.5. The molecule has 6 nitrogen and oxygen atoms in total.